The summed E-state index contributed by atoms with van der Waals surface area (Å²) in [5.41, 5.74) is 2.79. The van der Waals surface area contributed by atoms with Crippen LogP contribution < -0.4 is 0 Å². The SMILES string of the molecule is Cc1nc(CN(C)C(=O)[C@@H]2[C@@H]3C=C[C@@]4(CN(Cc5ccc(C)c(C)c5)C(=O)[C@@H]24)O3)no1. The first-order chi connectivity index (χ1) is 14.8. The average Bonchev–Trinajstić information content (AvgIpc) is 3.46. The van der Waals surface area contributed by atoms with E-state index in [4.69, 9.17) is 9.26 Å². The zero-order valence-corrected chi connectivity index (χ0v) is 18.2. The van der Waals surface area contributed by atoms with Gasteiger partial charge in [-0.2, -0.15) is 4.98 Å². The molecule has 1 aromatic heterocycles. The summed E-state index contributed by atoms with van der Waals surface area (Å²) < 4.78 is 11.2. The van der Waals surface area contributed by atoms with E-state index in [9.17, 15) is 9.59 Å². The smallest absolute Gasteiger partial charge is 0.230 e. The number of ether oxygens (including phenoxy) is 1. The molecule has 162 valence electrons. The molecule has 2 fully saturated rings. The first-order valence-electron chi connectivity index (χ1n) is 10.5. The van der Waals surface area contributed by atoms with Crippen molar-refractivity contribution in [3.8, 4) is 0 Å². The number of hydrogen-bond acceptors (Lipinski definition) is 6. The van der Waals surface area contributed by atoms with Crippen molar-refractivity contribution in [3.63, 3.8) is 0 Å². The van der Waals surface area contributed by atoms with Gasteiger partial charge in [0, 0.05) is 20.5 Å². The normalized spacial score (nSPS) is 28.5. The van der Waals surface area contributed by atoms with Crippen LogP contribution in [0.3, 0.4) is 0 Å². The van der Waals surface area contributed by atoms with E-state index in [1.165, 1.54) is 11.1 Å². The van der Waals surface area contributed by atoms with Crippen LogP contribution in [0.2, 0.25) is 0 Å². The lowest BCUT2D eigenvalue weighted by Gasteiger charge is -2.27. The van der Waals surface area contributed by atoms with Gasteiger partial charge in [0.15, 0.2) is 5.82 Å². The summed E-state index contributed by atoms with van der Waals surface area (Å²) in [6.45, 7) is 7.05. The molecule has 0 saturated carbocycles. The third-order valence-electron chi connectivity index (χ3n) is 6.73. The van der Waals surface area contributed by atoms with E-state index in [1.807, 2.05) is 17.1 Å². The molecular weight excluding hydrogens is 396 g/mol. The molecule has 3 aliphatic heterocycles. The highest BCUT2D eigenvalue weighted by atomic mass is 16.5. The van der Waals surface area contributed by atoms with Crippen LogP contribution >= 0.6 is 0 Å². The number of hydrogen-bond donors (Lipinski definition) is 0. The van der Waals surface area contributed by atoms with Crippen LogP contribution in [0.5, 0.6) is 0 Å². The lowest BCUT2D eigenvalue weighted by atomic mass is 9.76. The predicted molar refractivity (Wildman–Crippen MR) is 111 cm³/mol. The van der Waals surface area contributed by atoms with Crippen LogP contribution in [0.1, 0.15) is 28.4 Å². The molecule has 31 heavy (non-hydrogen) atoms. The van der Waals surface area contributed by atoms with Gasteiger partial charge in [0.05, 0.1) is 31.0 Å². The summed E-state index contributed by atoms with van der Waals surface area (Å²) in [5, 5.41) is 3.86. The second kappa shape index (κ2) is 7.02. The predicted octanol–water partition coefficient (Wildman–Crippen LogP) is 1.94. The van der Waals surface area contributed by atoms with E-state index in [0.29, 0.717) is 24.8 Å². The molecule has 8 nitrogen and oxygen atoms in total. The molecule has 2 saturated heterocycles. The molecule has 0 unspecified atom stereocenters. The second-order valence-corrected chi connectivity index (χ2v) is 8.94. The van der Waals surface area contributed by atoms with Gasteiger partial charge in [-0.3, -0.25) is 9.59 Å². The third-order valence-corrected chi connectivity index (χ3v) is 6.73. The first-order valence-corrected chi connectivity index (χ1v) is 10.5. The Morgan fingerprint density at radius 1 is 1.29 bits per heavy atom. The van der Waals surface area contributed by atoms with Crippen molar-refractivity contribution in [3.05, 3.63) is 58.8 Å². The topological polar surface area (TPSA) is 88.8 Å². The van der Waals surface area contributed by atoms with E-state index < -0.39 is 17.4 Å². The fraction of sp³-hybridized carbons (Fsp3) is 0.478. The quantitative estimate of drug-likeness (QED) is 0.684. The zero-order valence-electron chi connectivity index (χ0n) is 18.2. The van der Waals surface area contributed by atoms with Crippen molar-refractivity contribution in [2.75, 3.05) is 13.6 Å². The van der Waals surface area contributed by atoms with Crippen molar-refractivity contribution in [1.82, 2.24) is 19.9 Å². The van der Waals surface area contributed by atoms with Gasteiger partial charge in [-0.05, 0) is 30.5 Å². The number of nitrogens with zero attached hydrogens (tertiary/aromatic N) is 4. The van der Waals surface area contributed by atoms with E-state index in [-0.39, 0.29) is 24.5 Å². The molecule has 0 aliphatic carbocycles. The number of amides is 2. The zero-order chi connectivity index (χ0) is 21.9. The van der Waals surface area contributed by atoms with Gasteiger partial charge < -0.3 is 19.1 Å². The number of fused-ring (bicyclic) bond motifs is 1. The lowest BCUT2D eigenvalue weighted by Crippen LogP contribution is -2.44. The summed E-state index contributed by atoms with van der Waals surface area (Å²) in [7, 11) is 1.70. The minimum Gasteiger partial charge on any atom is -0.360 e. The second-order valence-electron chi connectivity index (χ2n) is 8.94. The van der Waals surface area contributed by atoms with Gasteiger partial charge >= 0.3 is 0 Å². The van der Waals surface area contributed by atoms with E-state index in [1.54, 1.807) is 18.9 Å². The molecule has 4 heterocycles. The van der Waals surface area contributed by atoms with Crippen LogP contribution in [-0.4, -0.2) is 57.1 Å². The summed E-state index contributed by atoms with van der Waals surface area (Å²) in [6, 6.07) is 6.25. The maximum Gasteiger partial charge on any atom is 0.230 e. The van der Waals surface area contributed by atoms with Crippen LogP contribution in [0.4, 0.5) is 0 Å². The molecule has 5 rings (SSSR count). The number of benzene rings is 1. The Bertz CT molecular complexity index is 1090. The number of aryl methyl sites for hydroxylation is 3. The molecule has 2 bridgehead atoms. The minimum absolute atomic E-state index is 0.0211. The van der Waals surface area contributed by atoms with Gasteiger partial charge in [0.25, 0.3) is 0 Å². The van der Waals surface area contributed by atoms with Crippen LogP contribution in [0, 0.1) is 32.6 Å². The number of rotatable bonds is 5. The summed E-state index contributed by atoms with van der Waals surface area (Å²) in [6.07, 6.45) is 3.53. The summed E-state index contributed by atoms with van der Waals surface area (Å²) in [4.78, 5) is 34.3. The van der Waals surface area contributed by atoms with Crippen LogP contribution in [0.15, 0.2) is 34.9 Å². The highest BCUT2D eigenvalue weighted by molar-refractivity contribution is 5.93. The molecule has 1 spiro atoms. The Morgan fingerprint density at radius 2 is 2.10 bits per heavy atom. The van der Waals surface area contributed by atoms with Crippen LogP contribution in [-0.2, 0) is 27.4 Å². The maximum atomic E-state index is 13.4. The van der Waals surface area contributed by atoms with E-state index in [2.05, 4.69) is 42.2 Å². The molecule has 8 heteroatoms. The molecular formula is C23H26N4O4. The Balaban J connectivity index is 1.35. The average molecular weight is 422 g/mol. The molecule has 0 N–H and O–H groups in total. The number of carbonyl (C=O) groups is 2. The van der Waals surface area contributed by atoms with Crippen molar-refractivity contribution in [2.45, 2.75) is 45.6 Å². The van der Waals surface area contributed by atoms with Crippen molar-refractivity contribution >= 4 is 11.8 Å². The minimum atomic E-state index is -0.717. The van der Waals surface area contributed by atoms with Gasteiger partial charge in [-0.25, -0.2) is 0 Å². The van der Waals surface area contributed by atoms with Gasteiger partial charge in [-0.15, -0.1) is 0 Å². The Hall–Kier alpha value is -3.00. The van der Waals surface area contributed by atoms with Crippen molar-refractivity contribution in [2.24, 2.45) is 11.8 Å². The standard InChI is InChI=1S/C23H26N4O4/c1-13-5-6-16(9-14(13)2)10-27-12-23-8-7-17(30-23)19(20(23)22(27)29)21(28)26(4)11-18-24-15(3)31-25-18/h5-9,17,19-20H,10-12H2,1-4H3/t17-,19+,20+,23-/m0/s1. The fourth-order valence-corrected chi connectivity index (χ4v) is 5.07. The van der Waals surface area contributed by atoms with Gasteiger partial charge in [0.2, 0.25) is 17.7 Å². The van der Waals surface area contributed by atoms with Crippen LogP contribution in [0.25, 0.3) is 0 Å². The van der Waals surface area contributed by atoms with E-state index in [0.717, 1.165) is 5.56 Å². The summed E-state index contributed by atoms with van der Waals surface area (Å²) >= 11 is 0. The molecule has 2 amide bonds. The molecule has 2 aromatic rings. The fourth-order valence-electron chi connectivity index (χ4n) is 5.07. The Morgan fingerprint density at radius 3 is 2.81 bits per heavy atom. The number of aromatic nitrogens is 2. The molecule has 1 aromatic carbocycles. The van der Waals surface area contributed by atoms with Gasteiger partial charge in [-0.1, -0.05) is 35.5 Å². The number of likely N-dealkylation sites (tertiary alicyclic amines) is 1. The molecule has 0 radical (unpaired) electrons. The Labute approximate surface area is 180 Å². The largest absolute Gasteiger partial charge is 0.360 e. The van der Waals surface area contributed by atoms with E-state index >= 15 is 0 Å². The molecule has 4 atom stereocenters. The highest BCUT2D eigenvalue weighted by Gasteiger charge is 2.67. The first kappa shape index (κ1) is 19.9. The highest BCUT2D eigenvalue weighted by Crippen LogP contribution is 2.52. The monoisotopic (exact) mass is 422 g/mol. The van der Waals surface area contributed by atoms with Gasteiger partial charge in [0.1, 0.15) is 5.60 Å². The van der Waals surface area contributed by atoms with Crippen molar-refractivity contribution in [1.29, 1.82) is 0 Å². The number of carbonyl (C=O) groups excluding carboxylic acids is 2. The van der Waals surface area contributed by atoms with Crippen molar-refractivity contribution < 1.29 is 18.8 Å². The lowest BCUT2D eigenvalue weighted by molar-refractivity contribution is -0.143. The Kier molecular flexibility index (Phi) is 4.51. The summed E-state index contributed by atoms with van der Waals surface area (Å²) in [5.74, 6) is -0.306. The third kappa shape index (κ3) is 3.17. The molecule has 3 aliphatic rings. The maximum absolute atomic E-state index is 13.4.